The molecule has 28 heavy (non-hydrogen) atoms. The summed E-state index contributed by atoms with van der Waals surface area (Å²) in [6, 6.07) is 8.02. The highest BCUT2D eigenvalue weighted by molar-refractivity contribution is 7.98. The molecule has 3 heterocycles. The van der Waals surface area contributed by atoms with Gasteiger partial charge in [0.2, 0.25) is 11.8 Å². The number of aryl methyl sites for hydroxylation is 3. The van der Waals surface area contributed by atoms with Gasteiger partial charge in [-0.1, -0.05) is 29.5 Å². The van der Waals surface area contributed by atoms with Crippen molar-refractivity contribution in [2.45, 2.75) is 43.5 Å². The number of aromatic nitrogens is 4. The first kappa shape index (κ1) is 17.6. The molecule has 4 aromatic rings. The van der Waals surface area contributed by atoms with E-state index >= 15 is 0 Å². The van der Waals surface area contributed by atoms with Gasteiger partial charge in [0.05, 0.1) is 11.1 Å². The van der Waals surface area contributed by atoms with Crippen LogP contribution >= 0.6 is 23.1 Å². The second-order valence-electron chi connectivity index (χ2n) is 6.94. The summed E-state index contributed by atoms with van der Waals surface area (Å²) < 4.78 is 5.79. The number of nitrogens with two attached hydrogens (primary N) is 1. The minimum atomic E-state index is 0.509. The molecule has 5 rings (SSSR count). The van der Waals surface area contributed by atoms with Crippen molar-refractivity contribution in [1.29, 1.82) is 0 Å². The number of nitrogens with zero attached hydrogens (tertiary/aromatic N) is 4. The number of hydrogen-bond donors (Lipinski definition) is 1. The van der Waals surface area contributed by atoms with Crippen LogP contribution in [0.4, 0.5) is 5.82 Å². The lowest BCUT2D eigenvalue weighted by Crippen LogP contribution is -2.01. The predicted octanol–water partition coefficient (Wildman–Crippen LogP) is 4.80. The molecule has 6 nitrogen and oxygen atoms in total. The van der Waals surface area contributed by atoms with E-state index in [-0.39, 0.29) is 0 Å². The lowest BCUT2D eigenvalue weighted by Gasteiger charge is -2.10. The number of rotatable bonds is 4. The van der Waals surface area contributed by atoms with E-state index in [0.29, 0.717) is 28.5 Å². The van der Waals surface area contributed by atoms with Crippen LogP contribution < -0.4 is 5.73 Å². The van der Waals surface area contributed by atoms with Gasteiger partial charge in [-0.15, -0.1) is 21.5 Å². The Morgan fingerprint density at radius 2 is 1.93 bits per heavy atom. The number of fused-ring (bicyclic) bond motifs is 3. The van der Waals surface area contributed by atoms with Gasteiger partial charge in [0.1, 0.15) is 10.6 Å². The lowest BCUT2D eigenvalue weighted by molar-refractivity contribution is 0.528. The van der Waals surface area contributed by atoms with E-state index in [1.54, 1.807) is 11.3 Å². The van der Waals surface area contributed by atoms with Crippen molar-refractivity contribution in [2.75, 3.05) is 5.73 Å². The zero-order valence-electron chi connectivity index (χ0n) is 15.4. The van der Waals surface area contributed by atoms with Gasteiger partial charge < -0.3 is 10.2 Å². The van der Waals surface area contributed by atoms with Crippen molar-refractivity contribution in [3.05, 3.63) is 46.2 Å². The molecular formula is C20H19N5OS2. The quantitative estimate of drug-likeness (QED) is 0.382. The van der Waals surface area contributed by atoms with Gasteiger partial charge in [0.15, 0.2) is 5.16 Å². The highest BCUT2D eigenvalue weighted by Crippen LogP contribution is 2.38. The van der Waals surface area contributed by atoms with Crippen LogP contribution in [0.2, 0.25) is 0 Å². The number of benzene rings is 1. The Bertz CT molecular complexity index is 1150. The normalized spacial score (nSPS) is 13.8. The maximum atomic E-state index is 6.28. The Labute approximate surface area is 170 Å². The molecule has 0 bridgehead atoms. The summed E-state index contributed by atoms with van der Waals surface area (Å²) in [6.07, 6.45) is 4.67. The Hall–Kier alpha value is -2.45. The molecule has 0 unspecified atom stereocenters. The third kappa shape index (κ3) is 3.27. The Balaban J connectivity index is 1.35. The molecule has 0 atom stereocenters. The third-order valence-corrected chi connectivity index (χ3v) is 6.93. The molecule has 0 saturated heterocycles. The van der Waals surface area contributed by atoms with Crippen LogP contribution in [0.5, 0.6) is 0 Å². The molecule has 3 aromatic heterocycles. The number of nitrogen functional groups attached to an aromatic ring is 1. The van der Waals surface area contributed by atoms with E-state index in [0.717, 1.165) is 28.6 Å². The maximum Gasteiger partial charge on any atom is 0.247 e. The monoisotopic (exact) mass is 409 g/mol. The van der Waals surface area contributed by atoms with E-state index in [9.17, 15) is 0 Å². The van der Waals surface area contributed by atoms with Crippen molar-refractivity contribution in [3.8, 4) is 11.5 Å². The summed E-state index contributed by atoms with van der Waals surface area (Å²) in [5.41, 5.74) is 9.75. The van der Waals surface area contributed by atoms with Crippen LogP contribution in [0.3, 0.4) is 0 Å². The fourth-order valence-electron chi connectivity index (χ4n) is 3.48. The fraction of sp³-hybridized carbons (Fsp3) is 0.300. The standard InChI is InChI=1S/C20H19N5OS2/c1-11-6-8-12(9-7-11)18-25-24-15(26-18)10-27-20-22-17(21)16-13-4-2-3-5-14(13)28-19(16)23-20/h6-9H,2-5,10H2,1H3,(H2,21,22,23). The van der Waals surface area contributed by atoms with Crippen LogP contribution in [0.25, 0.3) is 21.7 Å². The van der Waals surface area contributed by atoms with Gasteiger partial charge in [-0.3, -0.25) is 0 Å². The average Bonchev–Trinajstić information content (AvgIpc) is 3.31. The summed E-state index contributed by atoms with van der Waals surface area (Å²) in [5, 5.41) is 10.0. The van der Waals surface area contributed by atoms with Crippen molar-refractivity contribution < 1.29 is 4.42 Å². The lowest BCUT2D eigenvalue weighted by atomic mass is 9.97. The van der Waals surface area contributed by atoms with Crippen molar-refractivity contribution in [2.24, 2.45) is 0 Å². The van der Waals surface area contributed by atoms with E-state index in [1.165, 1.54) is 40.6 Å². The molecule has 142 valence electrons. The Morgan fingerprint density at radius 1 is 1.11 bits per heavy atom. The molecule has 0 amide bonds. The first-order chi connectivity index (χ1) is 13.7. The molecule has 1 aliphatic carbocycles. The van der Waals surface area contributed by atoms with Crippen molar-refractivity contribution >= 4 is 39.1 Å². The summed E-state index contributed by atoms with van der Waals surface area (Å²) in [4.78, 5) is 11.7. The molecule has 1 aromatic carbocycles. The smallest absolute Gasteiger partial charge is 0.247 e. The van der Waals surface area contributed by atoms with Gasteiger partial charge in [-0.2, -0.15) is 0 Å². The van der Waals surface area contributed by atoms with E-state index < -0.39 is 0 Å². The summed E-state index contributed by atoms with van der Waals surface area (Å²) in [5.74, 6) is 2.16. The zero-order chi connectivity index (χ0) is 19.1. The molecular weight excluding hydrogens is 390 g/mol. The topological polar surface area (TPSA) is 90.7 Å². The first-order valence-corrected chi connectivity index (χ1v) is 11.1. The second kappa shape index (κ2) is 7.18. The predicted molar refractivity (Wildman–Crippen MR) is 113 cm³/mol. The minimum absolute atomic E-state index is 0.509. The molecule has 0 saturated carbocycles. The highest BCUT2D eigenvalue weighted by atomic mass is 32.2. The molecule has 8 heteroatoms. The maximum absolute atomic E-state index is 6.28. The second-order valence-corrected chi connectivity index (χ2v) is 8.96. The number of hydrogen-bond acceptors (Lipinski definition) is 8. The van der Waals surface area contributed by atoms with Crippen LogP contribution in [-0.4, -0.2) is 20.2 Å². The molecule has 0 aliphatic heterocycles. The van der Waals surface area contributed by atoms with E-state index in [1.807, 2.05) is 31.2 Å². The van der Waals surface area contributed by atoms with Gasteiger partial charge in [-0.25, -0.2) is 9.97 Å². The SMILES string of the molecule is Cc1ccc(-c2nnc(CSc3nc(N)c4c5c(sc4n3)CCCC5)o2)cc1. The third-order valence-electron chi connectivity index (χ3n) is 4.91. The highest BCUT2D eigenvalue weighted by Gasteiger charge is 2.20. The molecule has 0 spiro atoms. The van der Waals surface area contributed by atoms with Crippen molar-refractivity contribution in [1.82, 2.24) is 20.2 Å². The Morgan fingerprint density at radius 3 is 2.79 bits per heavy atom. The number of thiophene rings is 1. The van der Waals surface area contributed by atoms with E-state index in [2.05, 4.69) is 15.2 Å². The average molecular weight is 410 g/mol. The molecule has 2 N–H and O–H groups in total. The largest absolute Gasteiger partial charge is 0.420 e. The van der Waals surface area contributed by atoms with Gasteiger partial charge >= 0.3 is 0 Å². The van der Waals surface area contributed by atoms with Crippen LogP contribution in [0, 0.1) is 6.92 Å². The molecule has 0 radical (unpaired) electrons. The van der Waals surface area contributed by atoms with Gasteiger partial charge in [0, 0.05) is 10.4 Å². The van der Waals surface area contributed by atoms with E-state index in [4.69, 9.17) is 15.1 Å². The minimum Gasteiger partial charge on any atom is -0.420 e. The Kier molecular flexibility index (Phi) is 4.52. The fourth-order valence-corrected chi connectivity index (χ4v) is 5.50. The summed E-state index contributed by atoms with van der Waals surface area (Å²) in [7, 11) is 0. The zero-order valence-corrected chi connectivity index (χ0v) is 17.1. The van der Waals surface area contributed by atoms with Gasteiger partial charge in [-0.05, 0) is 50.3 Å². The van der Waals surface area contributed by atoms with Crippen LogP contribution in [0.15, 0.2) is 33.8 Å². The summed E-state index contributed by atoms with van der Waals surface area (Å²) in [6.45, 7) is 2.05. The number of anilines is 1. The van der Waals surface area contributed by atoms with Gasteiger partial charge in [0.25, 0.3) is 0 Å². The van der Waals surface area contributed by atoms with Crippen LogP contribution in [-0.2, 0) is 18.6 Å². The molecule has 1 aliphatic rings. The van der Waals surface area contributed by atoms with Crippen molar-refractivity contribution in [3.63, 3.8) is 0 Å². The van der Waals surface area contributed by atoms with Crippen LogP contribution in [0.1, 0.15) is 34.7 Å². The first-order valence-electron chi connectivity index (χ1n) is 9.27. The molecule has 0 fully saturated rings. The number of thioether (sulfide) groups is 1. The summed E-state index contributed by atoms with van der Waals surface area (Å²) >= 11 is 3.22.